The highest BCUT2D eigenvalue weighted by molar-refractivity contribution is 5.96. The van der Waals surface area contributed by atoms with E-state index in [1.54, 1.807) is 6.07 Å². The van der Waals surface area contributed by atoms with E-state index in [0.29, 0.717) is 11.1 Å². The molecule has 0 spiro atoms. The lowest BCUT2D eigenvalue weighted by molar-refractivity contribution is 0.305. The first-order valence-corrected chi connectivity index (χ1v) is 6.44. The quantitative estimate of drug-likeness (QED) is 0.648. The summed E-state index contributed by atoms with van der Waals surface area (Å²) in [7, 11) is 0. The van der Waals surface area contributed by atoms with Crippen LogP contribution in [0.15, 0.2) is 42.5 Å². The number of aryl methyl sites for hydroxylation is 1. The van der Waals surface area contributed by atoms with Crippen molar-refractivity contribution in [3.63, 3.8) is 0 Å². The fourth-order valence-corrected chi connectivity index (χ4v) is 1.91. The van der Waals surface area contributed by atoms with Crippen LogP contribution in [0.2, 0.25) is 0 Å². The number of nitrogens with two attached hydrogens (primary N) is 1. The van der Waals surface area contributed by atoms with Crippen LogP contribution in [0.3, 0.4) is 0 Å². The molecule has 0 heterocycles. The average Bonchev–Trinajstić information content (AvgIpc) is 2.46. The molecule has 0 fully saturated rings. The van der Waals surface area contributed by atoms with E-state index in [9.17, 15) is 4.39 Å². The topological polar surface area (TPSA) is 59.1 Å². The second-order valence-corrected chi connectivity index (χ2v) is 4.50. The van der Waals surface area contributed by atoms with Gasteiger partial charge < -0.3 is 10.5 Å². The Kier molecular flexibility index (Phi) is 4.35. The normalized spacial score (nSPS) is 10.3. The first-order chi connectivity index (χ1) is 9.60. The van der Waals surface area contributed by atoms with Gasteiger partial charge in [-0.25, -0.2) is 4.39 Å². The van der Waals surface area contributed by atoms with Gasteiger partial charge in [-0.15, -0.1) is 0 Å². The fraction of sp³-hybridized carbons (Fsp3) is 0.188. The molecule has 2 aromatic carbocycles. The lowest BCUT2D eigenvalue weighted by Gasteiger charge is -2.10. The molecule has 0 saturated heterocycles. The number of benzene rings is 2. The molecule has 3 nitrogen and oxygen atoms in total. The van der Waals surface area contributed by atoms with Gasteiger partial charge in [-0.1, -0.05) is 25.1 Å². The van der Waals surface area contributed by atoms with E-state index in [-0.39, 0.29) is 12.4 Å². The average molecular weight is 272 g/mol. The first-order valence-electron chi connectivity index (χ1n) is 6.44. The van der Waals surface area contributed by atoms with E-state index in [4.69, 9.17) is 15.9 Å². The van der Waals surface area contributed by atoms with Gasteiger partial charge in [-0.2, -0.15) is 0 Å². The number of hydrogen-bond donors (Lipinski definition) is 2. The van der Waals surface area contributed by atoms with Gasteiger partial charge in [0.25, 0.3) is 0 Å². The van der Waals surface area contributed by atoms with Crippen LogP contribution in [-0.2, 0) is 13.0 Å². The smallest absolute Gasteiger partial charge is 0.123 e. The SMILES string of the molecule is CCc1ccc(OCc2ccc(F)cc2C(=N)N)cc1. The summed E-state index contributed by atoms with van der Waals surface area (Å²) < 4.78 is 18.8. The molecule has 20 heavy (non-hydrogen) atoms. The molecule has 104 valence electrons. The molecule has 0 unspecified atom stereocenters. The molecule has 0 atom stereocenters. The fourth-order valence-electron chi connectivity index (χ4n) is 1.91. The minimum atomic E-state index is -0.411. The number of nitrogen functional groups attached to an aromatic ring is 1. The van der Waals surface area contributed by atoms with E-state index in [1.165, 1.54) is 17.7 Å². The Balaban J connectivity index is 2.12. The van der Waals surface area contributed by atoms with Gasteiger partial charge in [0.1, 0.15) is 24.0 Å². The summed E-state index contributed by atoms with van der Waals surface area (Å²) in [6.07, 6.45) is 0.979. The van der Waals surface area contributed by atoms with Crippen molar-refractivity contribution in [3.05, 3.63) is 65.0 Å². The third-order valence-electron chi connectivity index (χ3n) is 3.09. The summed E-state index contributed by atoms with van der Waals surface area (Å²) in [6, 6.07) is 12.0. The standard InChI is InChI=1S/C16H17FN2O/c1-2-11-3-7-14(8-4-11)20-10-12-5-6-13(17)9-15(12)16(18)19/h3-9H,2,10H2,1H3,(H3,18,19). The Bertz CT molecular complexity index is 608. The van der Waals surface area contributed by atoms with Crippen LogP contribution in [-0.4, -0.2) is 5.84 Å². The van der Waals surface area contributed by atoms with Crippen LogP contribution in [0.1, 0.15) is 23.6 Å². The Morgan fingerprint density at radius 2 is 1.90 bits per heavy atom. The van der Waals surface area contributed by atoms with E-state index in [2.05, 4.69) is 6.92 Å². The molecule has 0 aliphatic rings. The summed E-state index contributed by atoms with van der Waals surface area (Å²) >= 11 is 0. The zero-order valence-corrected chi connectivity index (χ0v) is 11.3. The van der Waals surface area contributed by atoms with Crippen LogP contribution in [0.25, 0.3) is 0 Å². The van der Waals surface area contributed by atoms with E-state index in [0.717, 1.165) is 12.2 Å². The van der Waals surface area contributed by atoms with Gasteiger partial charge in [0.2, 0.25) is 0 Å². The van der Waals surface area contributed by atoms with Gasteiger partial charge in [-0.05, 0) is 36.2 Å². The van der Waals surface area contributed by atoms with Gasteiger partial charge in [0.15, 0.2) is 0 Å². The molecular weight excluding hydrogens is 255 g/mol. The Labute approximate surface area is 117 Å². The van der Waals surface area contributed by atoms with Crippen molar-refractivity contribution in [1.29, 1.82) is 5.41 Å². The van der Waals surface area contributed by atoms with Gasteiger partial charge >= 0.3 is 0 Å². The molecule has 3 N–H and O–H groups in total. The predicted molar refractivity (Wildman–Crippen MR) is 77.6 cm³/mol. The van der Waals surface area contributed by atoms with Crippen molar-refractivity contribution in [2.45, 2.75) is 20.0 Å². The molecule has 0 bridgehead atoms. The zero-order valence-electron chi connectivity index (χ0n) is 11.3. The summed E-state index contributed by atoms with van der Waals surface area (Å²) in [5.74, 6) is 0.164. The highest BCUT2D eigenvalue weighted by Gasteiger charge is 2.07. The molecule has 0 saturated carbocycles. The van der Waals surface area contributed by atoms with Crippen molar-refractivity contribution in [2.24, 2.45) is 5.73 Å². The minimum absolute atomic E-state index is 0.163. The van der Waals surface area contributed by atoms with Crippen molar-refractivity contribution in [1.82, 2.24) is 0 Å². The summed E-state index contributed by atoms with van der Waals surface area (Å²) in [6.45, 7) is 2.34. The van der Waals surface area contributed by atoms with Crippen molar-refractivity contribution in [3.8, 4) is 5.75 Å². The largest absolute Gasteiger partial charge is 0.489 e. The van der Waals surface area contributed by atoms with Gasteiger partial charge in [-0.3, -0.25) is 5.41 Å². The number of rotatable bonds is 5. The number of ether oxygens (including phenoxy) is 1. The van der Waals surface area contributed by atoms with Crippen molar-refractivity contribution >= 4 is 5.84 Å². The highest BCUT2D eigenvalue weighted by atomic mass is 19.1. The van der Waals surface area contributed by atoms with Gasteiger partial charge in [0.05, 0.1) is 0 Å². The highest BCUT2D eigenvalue weighted by Crippen LogP contribution is 2.17. The minimum Gasteiger partial charge on any atom is -0.489 e. The maximum Gasteiger partial charge on any atom is 0.123 e. The first kappa shape index (κ1) is 14.1. The van der Waals surface area contributed by atoms with E-state index in [1.807, 2.05) is 24.3 Å². The number of nitrogens with one attached hydrogen (secondary N) is 1. The van der Waals surface area contributed by atoms with E-state index < -0.39 is 5.82 Å². The molecule has 0 amide bonds. The van der Waals surface area contributed by atoms with Crippen LogP contribution in [0.5, 0.6) is 5.75 Å². The molecule has 0 radical (unpaired) electrons. The maximum absolute atomic E-state index is 13.2. The van der Waals surface area contributed by atoms with Crippen LogP contribution < -0.4 is 10.5 Å². The Morgan fingerprint density at radius 3 is 2.50 bits per heavy atom. The predicted octanol–water partition coefficient (Wildman–Crippen LogP) is 3.25. The molecule has 2 rings (SSSR count). The van der Waals surface area contributed by atoms with Crippen molar-refractivity contribution in [2.75, 3.05) is 0 Å². The molecular formula is C16H17FN2O. The van der Waals surface area contributed by atoms with Gasteiger partial charge in [0, 0.05) is 11.1 Å². The summed E-state index contributed by atoms with van der Waals surface area (Å²) in [5, 5.41) is 7.46. The molecule has 4 heteroatoms. The second kappa shape index (κ2) is 6.19. The second-order valence-electron chi connectivity index (χ2n) is 4.50. The Morgan fingerprint density at radius 1 is 1.20 bits per heavy atom. The van der Waals surface area contributed by atoms with Crippen LogP contribution >= 0.6 is 0 Å². The van der Waals surface area contributed by atoms with Crippen molar-refractivity contribution < 1.29 is 9.13 Å². The number of hydrogen-bond acceptors (Lipinski definition) is 2. The summed E-state index contributed by atoms with van der Waals surface area (Å²) in [5.41, 5.74) is 7.75. The number of amidine groups is 1. The molecule has 0 aliphatic heterocycles. The summed E-state index contributed by atoms with van der Waals surface area (Å²) in [4.78, 5) is 0. The molecule has 0 aliphatic carbocycles. The lowest BCUT2D eigenvalue weighted by Crippen LogP contribution is -2.15. The van der Waals surface area contributed by atoms with Crippen LogP contribution in [0, 0.1) is 11.2 Å². The maximum atomic E-state index is 13.2. The number of halogens is 1. The lowest BCUT2D eigenvalue weighted by atomic mass is 10.1. The molecule has 0 aromatic heterocycles. The van der Waals surface area contributed by atoms with E-state index >= 15 is 0 Å². The monoisotopic (exact) mass is 272 g/mol. The molecule has 2 aromatic rings. The zero-order chi connectivity index (χ0) is 14.5. The third kappa shape index (κ3) is 3.35. The third-order valence-corrected chi connectivity index (χ3v) is 3.09. The Hall–Kier alpha value is -2.36. The van der Waals surface area contributed by atoms with Crippen LogP contribution in [0.4, 0.5) is 4.39 Å².